The molecule has 0 saturated heterocycles. The molecule has 1 aromatic rings. The Balaban J connectivity index is 2.95. The first-order valence-electron chi connectivity index (χ1n) is 4.42. The van der Waals surface area contributed by atoms with Crippen molar-refractivity contribution in [1.29, 1.82) is 0 Å². The van der Waals surface area contributed by atoms with Crippen LogP contribution in [0.15, 0.2) is 24.3 Å². The lowest BCUT2D eigenvalue weighted by Crippen LogP contribution is -2.23. The molecule has 12 heavy (non-hydrogen) atoms. The summed E-state index contributed by atoms with van der Waals surface area (Å²) in [5, 5.41) is 10.1. The molecule has 0 spiro atoms. The van der Waals surface area contributed by atoms with E-state index in [4.69, 9.17) is 0 Å². The summed E-state index contributed by atoms with van der Waals surface area (Å²) >= 11 is 0. The maximum absolute atomic E-state index is 10.1. The Bertz CT molecular complexity index is 224. The molecule has 1 aromatic carbocycles. The van der Waals surface area contributed by atoms with Gasteiger partial charge in [0, 0.05) is 0 Å². The van der Waals surface area contributed by atoms with E-state index in [0.29, 0.717) is 0 Å². The summed E-state index contributed by atoms with van der Waals surface area (Å²) in [5.74, 6) is 0. The van der Waals surface area contributed by atoms with Crippen LogP contribution in [0.4, 0.5) is 0 Å². The smallest absolute Gasteiger partial charge is 0.0891 e. The highest BCUT2D eigenvalue weighted by Gasteiger charge is 2.23. The Morgan fingerprint density at radius 3 is 2.50 bits per heavy atom. The van der Waals surface area contributed by atoms with Crippen LogP contribution in [-0.4, -0.2) is 5.11 Å². The monoisotopic (exact) mass is 163 g/mol. The van der Waals surface area contributed by atoms with E-state index in [1.165, 1.54) is 0 Å². The quantitative estimate of drug-likeness (QED) is 0.725. The van der Waals surface area contributed by atoms with E-state index in [1.54, 1.807) is 0 Å². The second-order valence-corrected chi connectivity index (χ2v) is 3.03. The zero-order valence-electron chi connectivity index (χ0n) is 7.67. The van der Waals surface area contributed by atoms with Crippen LogP contribution in [0.5, 0.6) is 0 Å². The van der Waals surface area contributed by atoms with Gasteiger partial charge < -0.3 is 5.11 Å². The highest BCUT2D eigenvalue weighted by molar-refractivity contribution is 5.20. The highest BCUT2D eigenvalue weighted by Crippen LogP contribution is 2.27. The second-order valence-electron chi connectivity index (χ2n) is 3.03. The minimum atomic E-state index is -0.655. The van der Waals surface area contributed by atoms with Gasteiger partial charge in [0.2, 0.25) is 0 Å². The molecular weight excluding hydrogens is 148 g/mol. The fraction of sp³-hybridized carbons (Fsp3) is 0.455. The fourth-order valence-corrected chi connectivity index (χ4v) is 1.34. The molecule has 0 aliphatic heterocycles. The van der Waals surface area contributed by atoms with Crippen molar-refractivity contribution in [3.63, 3.8) is 0 Å². The van der Waals surface area contributed by atoms with E-state index < -0.39 is 5.60 Å². The van der Waals surface area contributed by atoms with Gasteiger partial charge in [-0.3, -0.25) is 0 Å². The van der Waals surface area contributed by atoms with Crippen LogP contribution < -0.4 is 0 Å². The molecule has 1 heteroatoms. The molecule has 1 nitrogen and oxygen atoms in total. The molecular formula is C11H15O. The molecule has 1 N–H and O–H groups in total. The van der Waals surface area contributed by atoms with E-state index in [1.807, 2.05) is 38.1 Å². The van der Waals surface area contributed by atoms with Crippen LogP contribution in [0.3, 0.4) is 0 Å². The van der Waals surface area contributed by atoms with Crippen LogP contribution >= 0.6 is 0 Å². The van der Waals surface area contributed by atoms with Crippen molar-refractivity contribution >= 4 is 0 Å². The van der Waals surface area contributed by atoms with Gasteiger partial charge in [0.1, 0.15) is 0 Å². The summed E-state index contributed by atoms with van der Waals surface area (Å²) in [6.45, 7) is 3.99. The average Bonchev–Trinajstić information content (AvgIpc) is 2.18. The molecule has 1 radical (unpaired) electrons. The van der Waals surface area contributed by atoms with Gasteiger partial charge in [0.05, 0.1) is 5.60 Å². The van der Waals surface area contributed by atoms with Crippen molar-refractivity contribution in [3.8, 4) is 0 Å². The van der Waals surface area contributed by atoms with Gasteiger partial charge in [-0.15, -0.1) is 0 Å². The number of hydrogen-bond donors (Lipinski definition) is 1. The SMILES string of the molecule is CCC(O)(CC)c1c[c]ccc1. The number of rotatable bonds is 3. The van der Waals surface area contributed by atoms with Gasteiger partial charge in [-0.05, 0) is 30.5 Å². The summed E-state index contributed by atoms with van der Waals surface area (Å²) in [5.41, 5.74) is 0.313. The van der Waals surface area contributed by atoms with Crippen molar-refractivity contribution in [2.75, 3.05) is 0 Å². The van der Waals surface area contributed by atoms with Crippen LogP contribution in [0.2, 0.25) is 0 Å². The molecule has 1 rings (SSSR count). The Morgan fingerprint density at radius 1 is 1.42 bits per heavy atom. The third-order valence-corrected chi connectivity index (χ3v) is 2.41. The van der Waals surface area contributed by atoms with Gasteiger partial charge in [0.25, 0.3) is 0 Å². The topological polar surface area (TPSA) is 20.2 Å². The molecule has 0 aromatic heterocycles. The van der Waals surface area contributed by atoms with Crippen molar-refractivity contribution in [3.05, 3.63) is 35.9 Å². The first-order valence-corrected chi connectivity index (χ1v) is 4.42. The van der Waals surface area contributed by atoms with E-state index in [-0.39, 0.29) is 0 Å². The lowest BCUT2D eigenvalue weighted by Gasteiger charge is -2.25. The van der Waals surface area contributed by atoms with Gasteiger partial charge in [-0.2, -0.15) is 0 Å². The second kappa shape index (κ2) is 3.72. The molecule has 0 aliphatic rings. The Kier molecular flexibility index (Phi) is 2.88. The van der Waals surface area contributed by atoms with E-state index in [2.05, 4.69) is 6.07 Å². The summed E-state index contributed by atoms with van der Waals surface area (Å²) in [6.07, 6.45) is 1.50. The van der Waals surface area contributed by atoms with Crippen molar-refractivity contribution < 1.29 is 5.11 Å². The molecule has 0 atom stereocenters. The maximum Gasteiger partial charge on any atom is 0.0891 e. The first kappa shape index (κ1) is 9.27. The fourth-order valence-electron chi connectivity index (χ4n) is 1.34. The van der Waals surface area contributed by atoms with Crippen molar-refractivity contribution in [2.45, 2.75) is 32.3 Å². The van der Waals surface area contributed by atoms with Crippen molar-refractivity contribution in [2.24, 2.45) is 0 Å². The Labute approximate surface area is 74.1 Å². The van der Waals surface area contributed by atoms with Gasteiger partial charge in [0.15, 0.2) is 0 Å². The minimum Gasteiger partial charge on any atom is -0.385 e. The molecule has 65 valence electrons. The first-order chi connectivity index (χ1) is 5.73. The third kappa shape index (κ3) is 1.67. The predicted molar refractivity (Wildman–Crippen MR) is 49.8 cm³/mol. The number of aliphatic hydroxyl groups is 1. The lowest BCUT2D eigenvalue weighted by atomic mass is 9.89. The molecule has 0 saturated carbocycles. The lowest BCUT2D eigenvalue weighted by molar-refractivity contribution is 0.0283. The molecule has 0 amide bonds. The van der Waals surface area contributed by atoms with Crippen LogP contribution in [-0.2, 0) is 5.60 Å². The van der Waals surface area contributed by atoms with Crippen LogP contribution in [0, 0.1) is 6.07 Å². The Hall–Kier alpha value is -0.820. The number of hydrogen-bond acceptors (Lipinski definition) is 1. The zero-order chi connectivity index (χ0) is 9.03. The van der Waals surface area contributed by atoms with Gasteiger partial charge >= 0.3 is 0 Å². The average molecular weight is 163 g/mol. The Morgan fingerprint density at radius 2 is 2.08 bits per heavy atom. The van der Waals surface area contributed by atoms with Gasteiger partial charge in [-0.25, -0.2) is 0 Å². The molecule has 0 heterocycles. The van der Waals surface area contributed by atoms with E-state index >= 15 is 0 Å². The van der Waals surface area contributed by atoms with Crippen LogP contribution in [0.1, 0.15) is 32.3 Å². The van der Waals surface area contributed by atoms with E-state index in [9.17, 15) is 5.11 Å². The number of benzene rings is 1. The van der Waals surface area contributed by atoms with Gasteiger partial charge in [-0.1, -0.05) is 32.0 Å². The maximum atomic E-state index is 10.1. The molecule has 0 aliphatic carbocycles. The molecule has 0 fully saturated rings. The summed E-state index contributed by atoms with van der Waals surface area (Å²) < 4.78 is 0. The molecule has 0 unspecified atom stereocenters. The molecule has 0 bridgehead atoms. The summed E-state index contributed by atoms with van der Waals surface area (Å²) in [7, 11) is 0. The minimum absolute atomic E-state index is 0.655. The third-order valence-electron chi connectivity index (χ3n) is 2.41. The predicted octanol–water partition coefficient (Wildman–Crippen LogP) is 2.49. The largest absolute Gasteiger partial charge is 0.385 e. The summed E-state index contributed by atoms with van der Waals surface area (Å²) in [4.78, 5) is 0. The van der Waals surface area contributed by atoms with Crippen molar-refractivity contribution in [1.82, 2.24) is 0 Å². The standard InChI is InChI=1S/C11H15O/c1-3-11(12,4-2)10-8-6-5-7-9-10/h5-6,8-9,12H,3-4H2,1-2H3. The van der Waals surface area contributed by atoms with E-state index in [0.717, 1.165) is 18.4 Å². The summed E-state index contributed by atoms with van der Waals surface area (Å²) in [6, 6.07) is 10.5. The van der Waals surface area contributed by atoms with Crippen LogP contribution in [0.25, 0.3) is 0 Å². The zero-order valence-corrected chi connectivity index (χ0v) is 7.67. The highest BCUT2D eigenvalue weighted by atomic mass is 16.3. The normalized spacial score (nSPS) is 11.6.